The molecule has 3 rings (SSSR count). The number of carbonyl (C=O) groups is 2. The average Bonchev–Trinajstić information content (AvgIpc) is 3.19. The van der Waals surface area contributed by atoms with Gasteiger partial charge in [-0.2, -0.15) is 0 Å². The molecule has 0 aliphatic heterocycles. The third-order valence-corrected chi connectivity index (χ3v) is 4.90. The zero-order chi connectivity index (χ0) is 20.8. The lowest BCUT2D eigenvalue weighted by atomic mass is 10.1. The van der Waals surface area contributed by atoms with Crippen molar-refractivity contribution in [2.45, 2.75) is 38.7 Å². The molecule has 2 aromatic rings. The van der Waals surface area contributed by atoms with Crippen LogP contribution in [0, 0.1) is 0 Å². The number of aryl methyl sites for hydroxylation is 2. The van der Waals surface area contributed by atoms with Gasteiger partial charge in [-0.3, -0.25) is 14.4 Å². The van der Waals surface area contributed by atoms with E-state index in [2.05, 4.69) is 10.8 Å². The van der Waals surface area contributed by atoms with Crippen LogP contribution in [0.2, 0.25) is 0 Å². The number of hydroxylamine groups is 1. The fraction of sp³-hybridized carbons (Fsp3) is 0.364. The predicted octanol–water partition coefficient (Wildman–Crippen LogP) is 2.81. The van der Waals surface area contributed by atoms with Crippen LogP contribution in [0.3, 0.4) is 0 Å². The molecule has 0 unspecified atom stereocenters. The first-order valence-corrected chi connectivity index (χ1v) is 9.58. The molecule has 154 valence electrons. The summed E-state index contributed by atoms with van der Waals surface area (Å²) < 4.78 is 10.4. The standard InChI is InChI=1S/C22H26N2O5/c1-14(22(26)23-18-9-8-16-5-4-6-17(16)13-18)29-24-21(25)12-15-7-10-19(27-2)20(11-15)28-3/h7-11,13-14H,4-6,12H2,1-3H3,(H,23,26)(H,24,25)/t14-/m1/s1. The normalized spacial score (nSPS) is 13.3. The summed E-state index contributed by atoms with van der Waals surface area (Å²) in [6.45, 7) is 1.58. The van der Waals surface area contributed by atoms with Crippen molar-refractivity contribution in [3.05, 3.63) is 53.1 Å². The number of carbonyl (C=O) groups excluding carboxylic acids is 2. The Kier molecular flexibility index (Phi) is 6.72. The van der Waals surface area contributed by atoms with E-state index in [0.29, 0.717) is 11.5 Å². The Bertz CT molecular complexity index is 897. The molecule has 2 amide bonds. The Morgan fingerprint density at radius 2 is 1.76 bits per heavy atom. The summed E-state index contributed by atoms with van der Waals surface area (Å²) in [6, 6.07) is 11.2. The van der Waals surface area contributed by atoms with Crippen LogP contribution in [0.1, 0.15) is 30.0 Å². The molecule has 2 N–H and O–H groups in total. The fourth-order valence-corrected chi connectivity index (χ4v) is 3.31. The minimum Gasteiger partial charge on any atom is -0.493 e. The fourth-order valence-electron chi connectivity index (χ4n) is 3.31. The number of hydrogen-bond donors (Lipinski definition) is 2. The number of anilines is 1. The number of nitrogens with one attached hydrogen (secondary N) is 2. The molecule has 0 spiro atoms. The monoisotopic (exact) mass is 398 g/mol. The van der Waals surface area contributed by atoms with E-state index < -0.39 is 6.10 Å². The molecule has 0 aromatic heterocycles. The summed E-state index contributed by atoms with van der Waals surface area (Å²) in [5, 5.41) is 2.83. The molecule has 1 aliphatic rings. The molecule has 0 saturated heterocycles. The molecule has 1 aliphatic carbocycles. The minimum absolute atomic E-state index is 0.0829. The van der Waals surface area contributed by atoms with Crippen molar-refractivity contribution in [2.75, 3.05) is 19.5 Å². The predicted molar refractivity (Wildman–Crippen MR) is 109 cm³/mol. The maximum atomic E-state index is 12.3. The second kappa shape index (κ2) is 9.43. The first-order chi connectivity index (χ1) is 14.0. The van der Waals surface area contributed by atoms with Gasteiger partial charge in [0.25, 0.3) is 5.91 Å². The third-order valence-electron chi connectivity index (χ3n) is 4.90. The van der Waals surface area contributed by atoms with Gasteiger partial charge < -0.3 is 14.8 Å². The molecule has 7 heteroatoms. The Balaban J connectivity index is 1.48. The molecule has 29 heavy (non-hydrogen) atoms. The molecule has 0 radical (unpaired) electrons. The van der Waals surface area contributed by atoms with Gasteiger partial charge in [-0.1, -0.05) is 12.1 Å². The van der Waals surface area contributed by atoms with Crippen LogP contribution in [0.25, 0.3) is 0 Å². The molecule has 7 nitrogen and oxygen atoms in total. The maximum Gasteiger partial charge on any atom is 0.255 e. The number of rotatable bonds is 8. The van der Waals surface area contributed by atoms with Crippen LogP contribution in [-0.4, -0.2) is 32.1 Å². The summed E-state index contributed by atoms with van der Waals surface area (Å²) in [7, 11) is 3.08. The second-order valence-corrected chi connectivity index (χ2v) is 6.98. The van der Waals surface area contributed by atoms with E-state index in [1.165, 1.54) is 18.2 Å². The second-order valence-electron chi connectivity index (χ2n) is 6.98. The maximum absolute atomic E-state index is 12.3. The number of hydrogen-bond acceptors (Lipinski definition) is 5. The van der Waals surface area contributed by atoms with Gasteiger partial charge in [0.15, 0.2) is 17.6 Å². The molecular formula is C22H26N2O5. The smallest absolute Gasteiger partial charge is 0.255 e. The first-order valence-electron chi connectivity index (χ1n) is 9.58. The molecule has 0 fully saturated rings. The molecule has 0 bridgehead atoms. The van der Waals surface area contributed by atoms with Crippen molar-refractivity contribution in [3.8, 4) is 11.5 Å². The summed E-state index contributed by atoms with van der Waals surface area (Å²) in [4.78, 5) is 29.7. The Hall–Kier alpha value is -3.06. The number of amides is 2. The van der Waals surface area contributed by atoms with Crippen molar-refractivity contribution in [1.29, 1.82) is 0 Å². The number of ether oxygens (including phenoxy) is 2. The lowest BCUT2D eigenvalue weighted by molar-refractivity contribution is -0.143. The zero-order valence-corrected chi connectivity index (χ0v) is 16.9. The van der Waals surface area contributed by atoms with Crippen molar-refractivity contribution in [1.82, 2.24) is 5.48 Å². The number of methoxy groups -OCH3 is 2. The topological polar surface area (TPSA) is 85.9 Å². The Labute approximate surface area is 170 Å². The summed E-state index contributed by atoms with van der Waals surface area (Å²) in [5.41, 5.74) is 6.43. The quantitative estimate of drug-likeness (QED) is 0.668. The molecule has 1 atom stereocenters. The van der Waals surface area contributed by atoms with Gasteiger partial charge in [-0.05, 0) is 67.1 Å². The van der Waals surface area contributed by atoms with Gasteiger partial charge in [0, 0.05) is 5.69 Å². The zero-order valence-electron chi connectivity index (χ0n) is 16.9. The molecule has 0 saturated carbocycles. The van der Waals surface area contributed by atoms with E-state index >= 15 is 0 Å². The van der Waals surface area contributed by atoms with Crippen molar-refractivity contribution in [3.63, 3.8) is 0 Å². The summed E-state index contributed by atoms with van der Waals surface area (Å²) >= 11 is 0. The highest BCUT2D eigenvalue weighted by Crippen LogP contribution is 2.27. The van der Waals surface area contributed by atoms with Crippen LogP contribution in [0.5, 0.6) is 11.5 Å². The van der Waals surface area contributed by atoms with E-state index in [-0.39, 0.29) is 18.2 Å². The Morgan fingerprint density at radius 3 is 2.52 bits per heavy atom. The van der Waals surface area contributed by atoms with Crippen LogP contribution in [-0.2, 0) is 33.7 Å². The van der Waals surface area contributed by atoms with E-state index in [4.69, 9.17) is 14.3 Å². The molecule has 2 aromatic carbocycles. The number of fused-ring (bicyclic) bond motifs is 1. The highest BCUT2D eigenvalue weighted by atomic mass is 16.7. The van der Waals surface area contributed by atoms with Gasteiger partial charge >= 0.3 is 0 Å². The van der Waals surface area contributed by atoms with Gasteiger partial charge in [0.05, 0.1) is 20.6 Å². The summed E-state index contributed by atoms with van der Waals surface area (Å²) in [6.07, 6.45) is 2.53. The van der Waals surface area contributed by atoms with E-state index in [1.807, 2.05) is 18.2 Å². The van der Waals surface area contributed by atoms with Crippen molar-refractivity contribution in [2.24, 2.45) is 0 Å². The highest BCUT2D eigenvalue weighted by molar-refractivity contribution is 5.94. The van der Waals surface area contributed by atoms with Gasteiger partial charge in [0.2, 0.25) is 5.91 Å². The molecular weight excluding hydrogens is 372 g/mol. The van der Waals surface area contributed by atoms with E-state index in [0.717, 1.165) is 30.5 Å². The summed E-state index contributed by atoms with van der Waals surface area (Å²) in [5.74, 6) is 0.439. The SMILES string of the molecule is COc1ccc(CC(=O)NO[C@H](C)C(=O)Nc2ccc3c(c2)CCC3)cc1OC. The van der Waals surface area contributed by atoms with E-state index in [9.17, 15) is 9.59 Å². The number of benzene rings is 2. The van der Waals surface area contributed by atoms with Crippen molar-refractivity contribution >= 4 is 17.5 Å². The van der Waals surface area contributed by atoms with Crippen LogP contribution in [0.4, 0.5) is 5.69 Å². The average molecular weight is 398 g/mol. The lowest BCUT2D eigenvalue weighted by Crippen LogP contribution is -2.36. The van der Waals surface area contributed by atoms with Crippen LogP contribution >= 0.6 is 0 Å². The first kappa shape index (κ1) is 20.7. The van der Waals surface area contributed by atoms with Crippen molar-refractivity contribution < 1.29 is 23.9 Å². The lowest BCUT2D eigenvalue weighted by Gasteiger charge is -2.14. The van der Waals surface area contributed by atoms with Crippen LogP contribution < -0.4 is 20.3 Å². The van der Waals surface area contributed by atoms with Gasteiger partial charge in [-0.25, -0.2) is 5.48 Å². The highest BCUT2D eigenvalue weighted by Gasteiger charge is 2.17. The van der Waals surface area contributed by atoms with Gasteiger partial charge in [0.1, 0.15) is 0 Å². The van der Waals surface area contributed by atoms with Gasteiger partial charge in [-0.15, -0.1) is 0 Å². The third kappa shape index (κ3) is 5.26. The molecule has 0 heterocycles. The van der Waals surface area contributed by atoms with E-state index in [1.54, 1.807) is 32.2 Å². The Morgan fingerprint density at radius 1 is 1.00 bits per heavy atom. The largest absolute Gasteiger partial charge is 0.493 e. The van der Waals surface area contributed by atoms with Crippen LogP contribution in [0.15, 0.2) is 36.4 Å². The minimum atomic E-state index is -0.836.